The highest BCUT2D eigenvalue weighted by Crippen LogP contribution is 2.21. The second-order valence-corrected chi connectivity index (χ2v) is 5.45. The predicted molar refractivity (Wildman–Crippen MR) is 70.2 cm³/mol. The topological polar surface area (TPSA) is 38.7 Å². The van der Waals surface area contributed by atoms with Crippen LogP contribution in [0.15, 0.2) is 0 Å². The summed E-state index contributed by atoms with van der Waals surface area (Å²) in [6.07, 6.45) is 3.63. The summed E-state index contributed by atoms with van der Waals surface area (Å²) < 4.78 is 0. The lowest BCUT2D eigenvalue weighted by molar-refractivity contribution is 0.0570. The molecule has 0 amide bonds. The molecule has 0 spiro atoms. The Morgan fingerprint density at radius 3 is 3.06 bits per heavy atom. The van der Waals surface area contributed by atoms with Crippen molar-refractivity contribution in [3.8, 4) is 0 Å². The fourth-order valence-corrected chi connectivity index (χ4v) is 3.03. The average molecular weight is 241 g/mol. The Morgan fingerprint density at radius 2 is 2.24 bits per heavy atom. The SMILES string of the molecule is CCCNCC(O)CN1CCN2CCCC2C1. The van der Waals surface area contributed by atoms with Crippen molar-refractivity contribution in [2.24, 2.45) is 0 Å². The maximum Gasteiger partial charge on any atom is 0.0791 e. The molecule has 0 aromatic heterocycles. The van der Waals surface area contributed by atoms with Crippen LogP contribution in [0.25, 0.3) is 0 Å². The van der Waals surface area contributed by atoms with Gasteiger partial charge in [-0.15, -0.1) is 0 Å². The third kappa shape index (κ3) is 3.91. The number of piperazine rings is 1. The molecule has 2 unspecified atom stereocenters. The van der Waals surface area contributed by atoms with Crippen molar-refractivity contribution >= 4 is 0 Å². The number of β-amino-alcohol motifs (C(OH)–C–C–N with tert-alkyl or cyclic N) is 1. The second kappa shape index (κ2) is 6.69. The van der Waals surface area contributed by atoms with Gasteiger partial charge in [0, 0.05) is 38.8 Å². The fourth-order valence-electron chi connectivity index (χ4n) is 3.03. The zero-order valence-electron chi connectivity index (χ0n) is 11.1. The van der Waals surface area contributed by atoms with Crippen LogP contribution in [-0.2, 0) is 0 Å². The van der Waals surface area contributed by atoms with Crippen LogP contribution >= 0.6 is 0 Å². The summed E-state index contributed by atoms with van der Waals surface area (Å²) in [5.74, 6) is 0. The summed E-state index contributed by atoms with van der Waals surface area (Å²) in [5, 5.41) is 13.2. The molecule has 0 aromatic rings. The highest BCUT2D eigenvalue weighted by Gasteiger charge is 2.30. The first-order chi connectivity index (χ1) is 8.29. The standard InChI is InChI=1S/C13H27N3O/c1-2-5-14-9-13(17)11-15-7-8-16-6-3-4-12(16)10-15/h12-14,17H,2-11H2,1H3. The Balaban J connectivity index is 1.65. The van der Waals surface area contributed by atoms with Crippen molar-refractivity contribution in [3.05, 3.63) is 0 Å². The number of hydrogen-bond acceptors (Lipinski definition) is 4. The van der Waals surface area contributed by atoms with Crippen molar-refractivity contribution in [2.75, 3.05) is 45.8 Å². The zero-order valence-corrected chi connectivity index (χ0v) is 11.1. The molecule has 0 aromatic carbocycles. The third-order valence-electron chi connectivity index (χ3n) is 3.95. The van der Waals surface area contributed by atoms with E-state index in [1.54, 1.807) is 0 Å². The second-order valence-electron chi connectivity index (χ2n) is 5.45. The Labute approximate surface area is 105 Å². The van der Waals surface area contributed by atoms with E-state index in [1.165, 1.54) is 25.9 Å². The summed E-state index contributed by atoms with van der Waals surface area (Å²) in [5.41, 5.74) is 0. The molecule has 2 saturated heterocycles. The molecule has 2 heterocycles. The van der Waals surface area contributed by atoms with Gasteiger partial charge in [0.25, 0.3) is 0 Å². The minimum Gasteiger partial charge on any atom is -0.390 e. The van der Waals surface area contributed by atoms with Gasteiger partial charge in [0.05, 0.1) is 6.10 Å². The molecular weight excluding hydrogens is 214 g/mol. The number of nitrogens with one attached hydrogen (secondary N) is 1. The van der Waals surface area contributed by atoms with E-state index in [2.05, 4.69) is 22.0 Å². The van der Waals surface area contributed by atoms with Crippen molar-refractivity contribution in [2.45, 2.75) is 38.3 Å². The highest BCUT2D eigenvalue weighted by molar-refractivity contribution is 4.87. The smallest absolute Gasteiger partial charge is 0.0791 e. The van der Waals surface area contributed by atoms with Gasteiger partial charge in [-0.2, -0.15) is 0 Å². The largest absolute Gasteiger partial charge is 0.390 e. The number of aliphatic hydroxyl groups is 1. The van der Waals surface area contributed by atoms with Gasteiger partial charge < -0.3 is 10.4 Å². The van der Waals surface area contributed by atoms with Gasteiger partial charge >= 0.3 is 0 Å². The molecule has 0 saturated carbocycles. The van der Waals surface area contributed by atoms with Gasteiger partial charge in [0.2, 0.25) is 0 Å². The first-order valence-corrected chi connectivity index (χ1v) is 7.14. The van der Waals surface area contributed by atoms with Crippen LogP contribution in [0.3, 0.4) is 0 Å². The van der Waals surface area contributed by atoms with E-state index in [0.29, 0.717) is 0 Å². The molecule has 0 bridgehead atoms. The summed E-state index contributed by atoms with van der Waals surface area (Å²) >= 11 is 0. The highest BCUT2D eigenvalue weighted by atomic mass is 16.3. The van der Waals surface area contributed by atoms with E-state index < -0.39 is 0 Å². The van der Waals surface area contributed by atoms with Gasteiger partial charge in [-0.05, 0) is 32.4 Å². The first-order valence-electron chi connectivity index (χ1n) is 7.14. The number of nitrogens with zero attached hydrogens (tertiary/aromatic N) is 2. The van der Waals surface area contributed by atoms with Crippen LogP contribution in [0.4, 0.5) is 0 Å². The van der Waals surface area contributed by atoms with Crippen LogP contribution in [0.1, 0.15) is 26.2 Å². The summed E-state index contributed by atoms with van der Waals surface area (Å²) in [7, 11) is 0. The van der Waals surface area contributed by atoms with Gasteiger partial charge in [0.1, 0.15) is 0 Å². The van der Waals surface area contributed by atoms with Crippen LogP contribution in [0.5, 0.6) is 0 Å². The van der Waals surface area contributed by atoms with E-state index in [1.807, 2.05) is 0 Å². The average Bonchev–Trinajstić information content (AvgIpc) is 2.76. The minimum absolute atomic E-state index is 0.213. The molecule has 2 aliphatic heterocycles. The van der Waals surface area contributed by atoms with Gasteiger partial charge in [-0.25, -0.2) is 0 Å². The van der Waals surface area contributed by atoms with E-state index in [0.717, 1.165) is 45.2 Å². The molecule has 2 N–H and O–H groups in total. The Kier molecular flexibility index (Phi) is 5.22. The summed E-state index contributed by atoms with van der Waals surface area (Å²) in [4.78, 5) is 5.04. The number of aliphatic hydroxyl groups excluding tert-OH is 1. The molecular formula is C13H27N3O. The Hall–Kier alpha value is -0.160. The molecule has 2 atom stereocenters. The quantitative estimate of drug-likeness (QED) is 0.648. The fraction of sp³-hybridized carbons (Fsp3) is 1.00. The summed E-state index contributed by atoms with van der Waals surface area (Å²) in [6.45, 7) is 9.50. The molecule has 4 nitrogen and oxygen atoms in total. The Bertz CT molecular complexity index is 225. The monoisotopic (exact) mass is 241 g/mol. The normalized spacial score (nSPS) is 28.2. The lowest BCUT2D eigenvalue weighted by Crippen LogP contribution is -2.52. The van der Waals surface area contributed by atoms with E-state index in [9.17, 15) is 5.11 Å². The maximum absolute atomic E-state index is 9.95. The molecule has 0 aliphatic carbocycles. The van der Waals surface area contributed by atoms with Gasteiger partial charge in [0.15, 0.2) is 0 Å². The molecule has 4 heteroatoms. The lowest BCUT2D eigenvalue weighted by atomic mass is 10.1. The Morgan fingerprint density at radius 1 is 1.35 bits per heavy atom. The molecule has 0 radical (unpaired) electrons. The van der Waals surface area contributed by atoms with E-state index in [-0.39, 0.29) is 6.10 Å². The van der Waals surface area contributed by atoms with Gasteiger partial charge in [-0.1, -0.05) is 6.92 Å². The third-order valence-corrected chi connectivity index (χ3v) is 3.95. The summed E-state index contributed by atoms with van der Waals surface area (Å²) in [6, 6.07) is 0.763. The maximum atomic E-state index is 9.95. The van der Waals surface area contributed by atoms with E-state index in [4.69, 9.17) is 0 Å². The number of hydrogen-bond donors (Lipinski definition) is 2. The zero-order chi connectivity index (χ0) is 12.1. The van der Waals surface area contributed by atoms with Crippen LogP contribution in [-0.4, -0.2) is 72.9 Å². The molecule has 17 heavy (non-hydrogen) atoms. The molecule has 100 valence electrons. The van der Waals surface area contributed by atoms with Crippen molar-refractivity contribution in [1.29, 1.82) is 0 Å². The van der Waals surface area contributed by atoms with Crippen LogP contribution in [0.2, 0.25) is 0 Å². The van der Waals surface area contributed by atoms with Crippen LogP contribution in [0, 0.1) is 0 Å². The van der Waals surface area contributed by atoms with Crippen molar-refractivity contribution in [1.82, 2.24) is 15.1 Å². The molecule has 2 aliphatic rings. The van der Waals surface area contributed by atoms with Crippen molar-refractivity contribution < 1.29 is 5.11 Å². The van der Waals surface area contributed by atoms with Gasteiger partial charge in [-0.3, -0.25) is 9.80 Å². The molecule has 2 rings (SSSR count). The molecule has 2 fully saturated rings. The van der Waals surface area contributed by atoms with Crippen LogP contribution < -0.4 is 5.32 Å². The minimum atomic E-state index is -0.213. The van der Waals surface area contributed by atoms with Crippen molar-refractivity contribution in [3.63, 3.8) is 0 Å². The number of rotatable bonds is 6. The predicted octanol–water partition coefficient (Wildman–Crippen LogP) is 0.127. The lowest BCUT2D eigenvalue weighted by Gasteiger charge is -2.38. The van der Waals surface area contributed by atoms with E-state index >= 15 is 0 Å². The first kappa shape index (κ1) is 13.3. The number of fused-ring (bicyclic) bond motifs is 1.